The van der Waals surface area contributed by atoms with Crippen LogP contribution in [0.4, 0.5) is 0 Å². The number of fused-ring (bicyclic) bond motifs is 1. The number of hydrogen-bond donors (Lipinski definition) is 1. The van der Waals surface area contributed by atoms with Crippen LogP contribution >= 0.6 is 0 Å². The zero-order valence-electron chi connectivity index (χ0n) is 23.2. The number of carbonyl (C=O) groups excluding carboxylic acids is 1. The summed E-state index contributed by atoms with van der Waals surface area (Å²) in [5, 5.41) is 10.7. The molecule has 0 aromatic carbocycles. The van der Waals surface area contributed by atoms with Gasteiger partial charge in [0.1, 0.15) is 12.2 Å². The molecule has 0 radical (unpaired) electrons. The SMILES string of the molecule is COC1C[C@H]2C[C@@H](C)[C@@H](O)/C=C/C=C/C[C@@H](C)OC(=O)C[C@@H](O[Si](C)(C)C(C)(C)C)C(OC)[C@H]2O1. The average Bonchev–Trinajstić information content (AvgIpc) is 3.14. The molecule has 1 N–H and O–H groups in total. The molecule has 2 rings (SSSR count). The number of ether oxygens (including phenoxy) is 4. The predicted molar refractivity (Wildman–Crippen MR) is 139 cm³/mol. The summed E-state index contributed by atoms with van der Waals surface area (Å²) < 4.78 is 30.4. The van der Waals surface area contributed by atoms with Crippen molar-refractivity contribution in [3.8, 4) is 0 Å². The van der Waals surface area contributed by atoms with Crippen molar-refractivity contribution in [1.82, 2.24) is 0 Å². The fraction of sp³-hybridized carbons (Fsp3) is 0.815. The second-order valence-electron chi connectivity index (χ2n) is 11.6. The number of carbonyl (C=O) groups is 1. The molecule has 202 valence electrons. The van der Waals surface area contributed by atoms with Gasteiger partial charge in [0.15, 0.2) is 14.6 Å². The van der Waals surface area contributed by atoms with Gasteiger partial charge in [0.05, 0.1) is 24.7 Å². The van der Waals surface area contributed by atoms with Gasteiger partial charge in [-0.15, -0.1) is 0 Å². The molecule has 1 saturated heterocycles. The van der Waals surface area contributed by atoms with E-state index in [2.05, 4.69) is 33.9 Å². The van der Waals surface area contributed by atoms with E-state index in [1.165, 1.54) is 0 Å². The van der Waals surface area contributed by atoms with Crippen LogP contribution in [0.3, 0.4) is 0 Å². The third-order valence-corrected chi connectivity index (χ3v) is 12.2. The summed E-state index contributed by atoms with van der Waals surface area (Å²) >= 11 is 0. The van der Waals surface area contributed by atoms with Crippen LogP contribution in [0, 0.1) is 11.8 Å². The third-order valence-electron chi connectivity index (χ3n) is 7.73. The maximum Gasteiger partial charge on any atom is 0.308 e. The zero-order valence-corrected chi connectivity index (χ0v) is 24.2. The predicted octanol–water partition coefficient (Wildman–Crippen LogP) is 4.99. The van der Waals surface area contributed by atoms with Gasteiger partial charge in [0, 0.05) is 27.1 Å². The molecular weight excluding hydrogens is 464 g/mol. The molecule has 8 atom stereocenters. The van der Waals surface area contributed by atoms with Crippen LogP contribution in [0.1, 0.15) is 60.3 Å². The molecule has 2 aliphatic rings. The molecule has 7 nitrogen and oxygen atoms in total. The normalized spacial score (nSPS) is 37.9. The molecule has 2 heterocycles. The fourth-order valence-electron chi connectivity index (χ4n) is 4.55. The van der Waals surface area contributed by atoms with Crippen molar-refractivity contribution in [2.75, 3.05) is 14.2 Å². The summed E-state index contributed by atoms with van der Waals surface area (Å²) in [5.41, 5.74) is 0. The summed E-state index contributed by atoms with van der Waals surface area (Å²) in [6.07, 6.45) is 7.03. The quantitative estimate of drug-likeness (QED) is 0.419. The van der Waals surface area contributed by atoms with E-state index in [1.54, 1.807) is 20.3 Å². The summed E-state index contributed by atoms with van der Waals surface area (Å²) in [5.74, 6) is -0.215. The molecule has 0 spiro atoms. The number of hydrogen-bond acceptors (Lipinski definition) is 7. The lowest BCUT2D eigenvalue weighted by molar-refractivity contribution is -0.171. The van der Waals surface area contributed by atoms with Crippen molar-refractivity contribution in [1.29, 1.82) is 0 Å². The average molecular weight is 513 g/mol. The van der Waals surface area contributed by atoms with Crippen LogP contribution in [0.2, 0.25) is 18.1 Å². The smallest absolute Gasteiger partial charge is 0.308 e. The summed E-state index contributed by atoms with van der Waals surface area (Å²) in [4.78, 5) is 13.0. The van der Waals surface area contributed by atoms with E-state index in [0.29, 0.717) is 12.8 Å². The van der Waals surface area contributed by atoms with Gasteiger partial charge < -0.3 is 28.5 Å². The van der Waals surface area contributed by atoms with Crippen molar-refractivity contribution in [2.24, 2.45) is 11.8 Å². The maximum atomic E-state index is 13.0. The molecule has 0 amide bonds. The van der Waals surface area contributed by atoms with Gasteiger partial charge in [0.25, 0.3) is 0 Å². The first-order valence-corrected chi connectivity index (χ1v) is 15.8. The Labute approximate surface area is 213 Å². The van der Waals surface area contributed by atoms with Crippen LogP contribution in [0.25, 0.3) is 0 Å². The lowest BCUT2D eigenvalue weighted by atomic mass is 9.84. The Bertz CT molecular complexity index is 730. The van der Waals surface area contributed by atoms with Gasteiger partial charge >= 0.3 is 5.97 Å². The number of esters is 1. The van der Waals surface area contributed by atoms with Gasteiger partial charge in [-0.05, 0) is 43.3 Å². The first-order valence-electron chi connectivity index (χ1n) is 12.9. The van der Waals surface area contributed by atoms with Gasteiger partial charge in [-0.2, -0.15) is 0 Å². The van der Waals surface area contributed by atoms with Crippen LogP contribution in [-0.4, -0.2) is 70.4 Å². The molecule has 2 unspecified atom stereocenters. The van der Waals surface area contributed by atoms with E-state index in [4.69, 9.17) is 23.4 Å². The lowest BCUT2D eigenvalue weighted by Gasteiger charge is -2.42. The monoisotopic (exact) mass is 512 g/mol. The third kappa shape index (κ3) is 8.51. The second kappa shape index (κ2) is 13.0. The number of aliphatic hydroxyl groups excluding tert-OH is 1. The number of methoxy groups -OCH3 is 2. The van der Waals surface area contributed by atoms with Crippen molar-refractivity contribution < 1.29 is 33.3 Å². The highest BCUT2D eigenvalue weighted by Crippen LogP contribution is 2.41. The zero-order chi connectivity index (χ0) is 26.4. The Balaban J connectivity index is 2.45. The van der Waals surface area contributed by atoms with E-state index < -0.39 is 26.6 Å². The van der Waals surface area contributed by atoms with E-state index in [0.717, 1.165) is 6.42 Å². The maximum absolute atomic E-state index is 13.0. The molecule has 35 heavy (non-hydrogen) atoms. The molecule has 1 fully saturated rings. The highest BCUT2D eigenvalue weighted by atomic mass is 28.4. The van der Waals surface area contributed by atoms with Gasteiger partial charge in [-0.3, -0.25) is 4.79 Å². The van der Waals surface area contributed by atoms with Crippen molar-refractivity contribution in [2.45, 2.75) is 115 Å². The molecule has 8 heteroatoms. The molecule has 0 aliphatic carbocycles. The van der Waals surface area contributed by atoms with Crippen molar-refractivity contribution in [3.63, 3.8) is 0 Å². The molecule has 2 aliphatic heterocycles. The summed E-state index contributed by atoms with van der Waals surface area (Å²) in [6, 6.07) is 0. The Morgan fingerprint density at radius 2 is 1.77 bits per heavy atom. The van der Waals surface area contributed by atoms with Gasteiger partial charge in [-0.25, -0.2) is 0 Å². The largest absolute Gasteiger partial charge is 0.462 e. The molecule has 0 aromatic heterocycles. The van der Waals surface area contributed by atoms with E-state index in [1.807, 2.05) is 32.1 Å². The minimum Gasteiger partial charge on any atom is -0.462 e. The lowest BCUT2D eigenvalue weighted by Crippen LogP contribution is -2.52. The Morgan fingerprint density at radius 3 is 2.37 bits per heavy atom. The van der Waals surface area contributed by atoms with E-state index in [9.17, 15) is 9.90 Å². The van der Waals surface area contributed by atoms with Crippen LogP contribution in [0.15, 0.2) is 24.3 Å². The Morgan fingerprint density at radius 1 is 1.09 bits per heavy atom. The first kappa shape index (κ1) is 30.2. The standard InChI is InChI=1S/C27H48O7Si/c1-18-15-20-16-24(30-6)33-25(20)26(31-7)22(34-35(8,9)27(3,4)5)17-23(29)32-19(2)13-11-10-12-14-21(18)28/h10-12,14,18-22,24-26,28H,13,15-17H2,1-9H3/b11-10+,14-12+/t18-,19-,20-,21+,22-,24?,25+,26?/m1/s1. The topological polar surface area (TPSA) is 83.5 Å². The number of allylic oxidation sites excluding steroid dienone is 2. The fourth-order valence-corrected chi connectivity index (χ4v) is 5.87. The second-order valence-corrected chi connectivity index (χ2v) is 16.4. The van der Waals surface area contributed by atoms with Gasteiger partial charge in [0.2, 0.25) is 0 Å². The van der Waals surface area contributed by atoms with Crippen molar-refractivity contribution in [3.05, 3.63) is 24.3 Å². The van der Waals surface area contributed by atoms with Gasteiger partial charge in [-0.1, -0.05) is 52.0 Å². The highest BCUT2D eigenvalue weighted by Gasteiger charge is 2.48. The Kier molecular flexibility index (Phi) is 11.2. The minimum atomic E-state index is -2.25. The van der Waals surface area contributed by atoms with Crippen LogP contribution in [0.5, 0.6) is 0 Å². The molecular formula is C27H48O7Si. The van der Waals surface area contributed by atoms with E-state index >= 15 is 0 Å². The summed E-state index contributed by atoms with van der Waals surface area (Å²) in [7, 11) is 1.03. The van der Waals surface area contributed by atoms with Crippen molar-refractivity contribution >= 4 is 14.3 Å². The first-order chi connectivity index (χ1) is 16.3. The van der Waals surface area contributed by atoms with E-state index in [-0.39, 0.29) is 47.8 Å². The highest BCUT2D eigenvalue weighted by molar-refractivity contribution is 6.74. The molecule has 0 aromatic rings. The minimum absolute atomic E-state index is 0.0143. The number of rotatable bonds is 4. The van der Waals surface area contributed by atoms with Crippen LogP contribution < -0.4 is 0 Å². The van der Waals surface area contributed by atoms with Crippen LogP contribution in [-0.2, 0) is 28.2 Å². The molecule has 0 bridgehead atoms. The molecule has 0 saturated carbocycles. The number of aliphatic hydroxyl groups is 1. The Hall–Kier alpha value is -1.03. The summed E-state index contributed by atoms with van der Waals surface area (Å²) in [6.45, 7) is 14.8. The number of cyclic esters (lactones) is 1.